The zero-order valence-electron chi connectivity index (χ0n) is 55.3. The standard InChI is InChI=1S/C65H70N10O24P4/c1-5-67-41-15-19-45-52(30-41)95-53-31-42(74(2)3)16-20-46(53)59(45)44-18-12-39(29-47(44)65(82)83)64(81)71-33-49-51(77)22-14-38-28-37-13-21-50(76)48(60(37)96-61(38)49)32-70-56(80)24-23-55(79)68-26-8-6-7-11-54(78)69-27-9-10-40-34-75(63-58(40)62(66)72-36-73-63)57-25-17-43(94-57)35-93-101(86,87)98-103(90,91)99-102(88,89)97-100(84,85)92-4/h12-16,18-22,28-31,34,36,43,57,77H,5-8,11,17,23-27,32-33,35H2,1-4H3,(H,68,79)(H,69,78)(H,70,80)(H,71,81)(H,82,83)(H,84,85)(H,86,87)(H,88,89)(H,90,91)(H2,66,72,73)/p-4/t43-,57+/m0/s1. The first-order valence-electron chi connectivity index (χ1n) is 31.6. The van der Waals surface area contributed by atoms with Gasteiger partial charge in [0, 0.05) is 111 Å². The lowest BCUT2D eigenvalue weighted by Crippen LogP contribution is -2.29. The predicted octanol–water partition coefficient (Wildman–Crippen LogP) is 5.57. The Kier molecular flexibility index (Phi) is 24.0. The number of nitrogens with two attached hydrogens (primary N) is 1. The molecule has 103 heavy (non-hydrogen) atoms. The molecule has 0 radical (unpaired) electrons. The molecule has 4 amide bonds. The maximum atomic E-state index is 14.0. The Hall–Kier alpha value is -9.51. The molecule has 5 heterocycles. The average Bonchev–Trinajstić information content (AvgIpc) is 1.74. The van der Waals surface area contributed by atoms with Crippen LogP contribution in [0.25, 0.3) is 66.7 Å². The number of aromatic nitrogens is 3. The minimum atomic E-state index is -6.37. The number of phosphoric acid groups is 4. The summed E-state index contributed by atoms with van der Waals surface area (Å²) < 4.78 is 86.3. The van der Waals surface area contributed by atoms with Crippen LogP contribution < -0.4 is 62.3 Å². The van der Waals surface area contributed by atoms with Gasteiger partial charge in [0.25, 0.3) is 37.2 Å². The number of hydrogen-bond acceptors (Lipinski definition) is 28. The number of aromatic hydroxyl groups is 1. The number of phenolic OH excluding ortho intramolecular Hbond substituents is 1. The third-order valence-electron chi connectivity index (χ3n) is 16.1. The summed E-state index contributed by atoms with van der Waals surface area (Å²) in [6, 6.07) is 23.0. The molecule has 0 bridgehead atoms. The van der Waals surface area contributed by atoms with Crippen LogP contribution in [0.4, 0.5) is 11.5 Å². The molecular formula is C65H66N10O24P4-4. The SMILES string of the molecule is CCN=c1ccc2c(-c3ccc(C(=O)NCc4c(O)ccc5cc6ccc(=O)c(CNC(=O)CCC(=O)NCCCCCC(=O)NCC#Cc7cn([C@H]8CC[C@@H](COP(=O)([O-])OP(=O)([O-])OP(=O)([O-])OP(=O)([O-])OC)O8)c8ncnc(N)c78)c-6oc45)cc3C(=O)O)c3ccc(N(C)C)cc3oc-2c1. The molecule has 4 unspecified atom stereocenters. The van der Waals surface area contributed by atoms with Gasteiger partial charge in [0.05, 0.1) is 65.3 Å². The fraction of sp³-hybridized carbons (Fsp3) is 0.308. The second-order valence-corrected chi connectivity index (χ2v) is 29.5. The van der Waals surface area contributed by atoms with Crippen molar-refractivity contribution in [1.29, 1.82) is 0 Å². The number of aromatic carboxylic acids is 1. The van der Waals surface area contributed by atoms with Crippen LogP contribution in [0.15, 0.2) is 116 Å². The fourth-order valence-corrected chi connectivity index (χ4v) is 15.8. The lowest BCUT2D eigenvalue weighted by molar-refractivity contribution is -0.254. The molecule has 3 aromatic carbocycles. The minimum Gasteiger partial charge on any atom is -0.756 e. The zero-order valence-corrected chi connectivity index (χ0v) is 58.8. The molecular weight excluding hydrogens is 1430 g/mol. The van der Waals surface area contributed by atoms with E-state index in [9.17, 15) is 76.8 Å². The number of ether oxygens (including phenoxy) is 1. The van der Waals surface area contributed by atoms with E-state index in [0.717, 1.165) is 5.69 Å². The number of phenols is 1. The summed E-state index contributed by atoms with van der Waals surface area (Å²) >= 11 is 0. The van der Waals surface area contributed by atoms with Crippen LogP contribution >= 0.6 is 31.3 Å². The molecule has 10 rings (SSSR count). The molecule has 6 atom stereocenters. The first-order chi connectivity index (χ1) is 48.9. The maximum Gasteiger partial charge on any atom is 0.336 e. The van der Waals surface area contributed by atoms with Crippen LogP contribution in [0, 0.1) is 11.8 Å². The van der Waals surface area contributed by atoms with Crippen molar-refractivity contribution in [2.75, 3.05) is 58.1 Å². The van der Waals surface area contributed by atoms with Gasteiger partial charge in [-0.05, 0) is 105 Å². The summed E-state index contributed by atoms with van der Waals surface area (Å²) in [5, 5.41) is 34.9. The first kappa shape index (κ1) is 76.1. The molecule has 544 valence electrons. The van der Waals surface area contributed by atoms with Crippen molar-refractivity contribution in [3.05, 3.63) is 141 Å². The van der Waals surface area contributed by atoms with Gasteiger partial charge in [0.15, 0.2) is 5.43 Å². The highest BCUT2D eigenvalue weighted by atomic mass is 31.3. The quantitative estimate of drug-likeness (QED) is 0.0125. The van der Waals surface area contributed by atoms with Crippen LogP contribution in [0.5, 0.6) is 5.75 Å². The number of nitrogen functional groups attached to an aromatic ring is 1. The number of fused-ring (bicyclic) bond motifs is 5. The van der Waals surface area contributed by atoms with Crippen molar-refractivity contribution < 1.29 is 108 Å². The van der Waals surface area contributed by atoms with Gasteiger partial charge in [-0.3, -0.25) is 47.2 Å². The highest BCUT2D eigenvalue weighted by Crippen LogP contribution is 2.66. The van der Waals surface area contributed by atoms with Crippen molar-refractivity contribution in [2.24, 2.45) is 4.99 Å². The van der Waals surface area contributed by atoms with Gasteiger partial charge in [-0.25, -0.2) is 27.7 Å². The number of carbonyl (C=O) groups excluding carboxylic acids is 4. The van der Waals surface area contributed by atoms with Crippen LogP contribution in [0.2, 0.25) is 0 Å². The van der Waals surface area contributed by atoms with E-state index in [1.165, 1.54) is 35.2 Å². The van der Waals surface area contributed by atoms with E-state index in [0.29, 0.717) is 93.6 Å². The van der Waals surface area contributed by atoms with Gasteiger partial charge >= 0.3 is 5.97 Å². The van der Waals surface area contributed by atoms with E-state index in [2.05, 4.69) is 70.0 Å². The summed E-state index contributed by atoms with van der Waals surface area (Å²) in [5.74, 6) is 2.94. The lowest BCUT2D eigenvalue weighted by atomic mass is 9.89. The fourth-order valence-electron chi connectivity index (χ4n) is 11.2. The maximum absolute atomic E-state index is 14.0. The molecule has 8 N–H and O–H groups in total. The van der Waals surface area contributed by atoms with Crippen molar-refractivity contribution in [2.45, 2.75) is 83.7 Å². The average molecular weight is 1500 g/mol. The normalized spacial score (nSPS) is 16.3. The third-order valence-corrected chi connectivity index (χ3v) is 21.8. The zero-order chi connectivity index (χ0) is 74.1. The number of anilines is 2. The van der Waals surface area contributed by atoms with E-state index in [-0.39, 0.29) is 115 Å². The van der Waals surface area contributed by atoms with Gasteiger partial charge < -0.3 is 88.9 Å². The van der Waals surface area contributed by atoms with Gasteiger partial charge in [-0.1, -0.05) is 24.3 Å². The third kappa shape index (κ3) is 19.0. The second-order valence-electron chi connectivity index (χ2n) is 23.4. The van der Waals surface area contributed by atoms with Gasteiger partial charge in [-0.15, -0.1) is 0 Å². The van der Waals surface area contributed by atoms with Gasteiger partial charge in [0.2, 0.25) is 17.7 Å². The first-order valence-corrected chi connectivity index (χ1v) is 37.4. The summed E-state index contributed by atoms with van der Waals surface area (Å²) in [5.41, 5.74) is 9.92. The van der Waals surface area contributed by atoms with E-state index >= 15 is 0 Å². The van der Waals surface area contributed by atoms with Crippen molar-refractivity contribution in [1.82, 2.24) is 35.8 Å². The number of nitrogens with one attached hydrogen (secondary N) is 4. The largest absolute Gasteiger partial charge is 0.756 e. The molecule has 34 nitrogen and oxygen atoms in total. The van der Waals surface area contributed by atoms with Crippen LogP contribution in [0.1, 0.15) is 102 Å². The van der Waals surface area contributed by atoms with Gasteiger partial charge in [0.1, 0.15) is 52.5 Å². The predicted molar refractivity (Wildman–Crippen MR) is 362 cm³/mol. The topological polar surface area (TPSA) is 506 Å². The van der Waals surface area contributed by atoms with Crippen molar-refractivity contribution >= 4 is 105 Å². The Morgan fingerprint density at radius 1 is 0.777 bits per heavy atom. The number of hydrogen-bond donors (Lipinski definition) is 7. The monoisotopic (exact) mass is 1490 g/mol. The highest BCUT2D eigenvalue weighted by Gasteiger charge is 2.34. The van der Waals surface area contributed by atoms with E-state index < -0.39 is 79.3 Å². The Balaban J connectivity index is 0.668. The van der Waals surface area contributed by atoms with E-state index in [1.807, 2.05) is 56.3 Å². The molecule has 2 aromatic heterocycles. The van der Waals surface area contributed by atoms with Crippen molar-refractivity contribution in [3.8, 4) is 51.4 Å². The molecule has 5 aromatic rings. The Labute approximate surface area is 585 Å². The Morgan fingerprint density at radius 3 is 2.23 bits per heavy atom. The molecule has 0 saturated carbocycles. The number of carboxylic acids is 1. The summed E-state index contributed by atoms with van der Waals surface area (Å²) in [6.45, 7) is 1.23. The molecule has 38 heteroatoms. The molecule has 1 fully saturated rings. The van der Waals surface area contributed by atoms with E-state index in [4.69, 9.17) is 19.3 Å². The number of phosphoric ester groups is 2. The smallest absolute Gasteiger partial charge is 0.336 e. The number of rotatable bonds is 30. The number of carboxylic acid groups (broad SMARTS) is 1. The Morgan fingerprint density at radius 2 is 1.50 bits per heavy atom. The number of benzene rings is 5. The van der Waals surface area contributed by atoms with E-state index in [1.54, 1.807) is 36.5 Å². The summed E-state index contributed by atoms with van der Waals surface area (Å²) in [7, 11) is -19.9. The molecule has 5 aliphatic rings. The summed E-state index contributed by atoms with van der Waals surface area (Å²) in [6.07, 6.45) is 2.53. The van der Waals surface area contributed by atoms with Crippen LogP contribution in [-0.2, 0) is 72.4 Å². The number of nitrogens with zero attached hydrogens (tertiary/aromatic N) is 5. The molecule has 3 aliphatic heterocycles. The number of amides is 4. The molecule has 2 aliphatic carbocycles. The number of unbranched alkanes of at least 4 members (excludes halogenated alkanes) is 2. The summed E-state index contributed by atoms with van der Waals surface area (Å²) in [4.78, 5) is 141. The number of carbonyl (C=O) groups is 5. The minimum absolute atomic E-state index is 0.0115. The van der Waals surface area contributed by atoms with Gasteiger partial charge in [-0.2, -0.15) is 0 Å². The molecule has 0 spiro atoms. The second kappa shape index (κ2) is 32.4. The highest BCUT2D eigenvalue weighted by molar-refractivity contribution is 7.68. The van der Waals surface area contributed by atoms with Crippen molar-refractivity contribution in [3.63, 3.8) is 0 Å². The Bertz CT molecular complexity index is 5130. The van der Waals surface area contributed by atoms with Crippen LogP contribution in [-0.4, -0.2) is 108 Å². The van der Waals surface area contributed by atoms with Crippen LogP contribution in [0.3, 0.4) is 0 Å². The molecule has 1 saturated heterocycles. The lowest BCUT2D eigenvalue weighted by Gasteiger charge is -2.36.